The zero-order valence-electron chi connectivity index (χ0n) is 13.5. The zero-order chi connectivity index (χ0) is 16.9. The number of pyridine rings is 1. The van der Waals surface area contributed by atoms with Crippen molar-refractivity contribution in [3.63, 3.8) is 0 Å². The Kier molecular flexibility index (Phi) is 4.83. The summed E-state index contributed by atoms with van der Waals surface area (Å²) in [5.41, 5.74) is 0.614. The van der Waals surface area contributed by atoms with E-state index in [1.807, 2.05) is 12.1 Å². The minimum atomic E-state index is 0.0378. The normalized spacial score (nSPS) is 14.7. The van der Waals surface area contributed by atoms with Gasteiger partial charge in [-0.2, -0.15) is 0 Å². The molecule has 24 heavy (non-hydrogen) atoms. The van der Waals surface area contributed by atoms with Gasteiger partial charge < -0.3 is 14.2 Å². The summed E-state index contributed by atoms with van der Waals surface area (Å²) in [6.07, 6.45) is 2.36. The van der Waals surface area contributed by atoms with E-state index in [9.17, 15) is 9.59 Å². The summed E-state index contributed by atoms with van der Waals surface area (Å²) in [4.78, 5) is 31.2. The number of carbonyl (C=O) groups is 2. The van der Waals surface area contributed by atoms with Gasteiger partial charge in [0.1, 0.15) is 5.69 Å². The van der Waals surface area contributed by atoms with E-state index in [4.69, 9.17) is 4.42 Å². The van der Waals surface area contributed by atoms with Gasteiger partial charge >= 0.3 is 0 Å². The third-order valence-corrected chi connectivity index (χ3v) is 3.98. The Hall–Kier alpha value is -2.77. The number of rotatable bonds is 4. The van der Waals surface area contributed by atoms with Crippen molar-refractivity contribution < 1.29 is 14.0 Å². The lowest BCUT2D eigenvalue weighted by atomic mass is 10.2. The highest BCUT2D eigenvalue weighted by atomic mass is 16.4. The number of nitrogens with zero attached hydrogens (tertiary/aromatic N) is 5. The van der Waals surface area contributed by atoms with Crippen molar-refractivity contribution in [2.24, 2.45) is 0 Å². The van der Waals surface area contributed by atoms with Crippen LogP contribution in [0.3, 0.4) is 0 Å². The first-order valence-corrected chi connectivity index (χ1v) is 7.90. The maximum atomic E-state index is 12.2. The molecule has 1 aliphatic heterocycles. The summed E-state index contributed by atoms with van der Waals surface area (Å²) in [6, 6.07) is 5.44. The van der Waals surface area contributed by atoms with Crippen LogP contribution in [0.5, 0.6) is 0 Å². The van der Waals surface area contributed by atoms with Crippen LogP contribution in [0.1, 0.15) is 19.2 Å². The van der Waals surface area contributed by atoms with Crippen LogP contribution in [0.4, 0.5) is 0 Å². The number of hydrogen-bond donors (Lipinski definition) is 0. The molecule has 3 rings (SSSR count). The van der Waals surface area contributed by atoms with Crippen LogP contribution in [-0.4, -0.2) is 63.0 Å². The Bertz CT molecular complexity index is 708. The Morgan fingerprint density at radius 3 is 2.54 bits per heavy atom. The summed E-state index contributed by atoms with van der Waals surface area (Å²) >= 11 is 0. The molecule has 8 nitrogen and oxygen atoms in total. The lowest BCUT2D eigenvalue weighted by Gasteiger charge is -2.34. The van der Waals surface area contributed by atoms with Crippen molar-refractivity contribution >= 4 is 11.8 Å². The van der Waals surface area contributed by atoms with Crippen LogP contribution in [-0.2, 0) is 16.0 Å². The standard InChI is InChI=1S/C16H19N5O3/c1-12(22)20-8-10-21(11-9-20)15(23)6-5-14-18-19-16(24-14)13-4-2-3-7-17-13/h2-4,7H,5-6,8-11H2,1H3. The number of piperazine rings is 1. The number of hydrogen-bond acceptors (Lipinski definition) is 6. The Balaban J connectivity index is 1.50. The van der Waals surface area contributed by atoms with E-state index in [0.29, 0.717) is 56.5 Å². The number of aromatic nitrogens is 3. The summed E-state index contributed by atoms with van der Waals surface area (Å²) in [5, 5.41) is 7.92. The molecule has 1 fully saturated rings. The van der Waals surface area contributed by atoms with E-state index >= 15 is 0 Å². The molecule has 0 aliphatic carbocycles. The first-order chi connectivity index (χ1) is 11.6. The van der Waals surface area contributed by atoms with Gasteiger partial charge in [-0.1, -0.05) is 6.07 Å². The highest BCUT2D eigenvalue weighted by molar-refractivity contribution is 5.77. The highest BCUT2D eigenvalue weighted by Gasteiger charge is 2.22. The van der Waals surface area contributed by atoms with Crippen molar-refractivity contribution in [3.05, 3.63) is 30.3 Å². The van der Waals surface area contributed by atoms with Gasteiger partial charge in [-0.15, -0.1) is 10.2 Å². The second-order valence-corrected chi connectivity index (χ2v) is 5.60. The molecular weight excluding hydrogens is 310 g/mol. The third-order valence-electron chi connectivity index (χ3n) is 3.98. The van der Waals surface area contributed by atoms with Crippen LogP contribution in [0.15, 0.2) is 28.8 Å². The van der Waals surface area contributed by atoms with Crippen LogP contribution in [0.2, 0.25) is 0 Å². The van der Waals surface area contributed by atoms with Crippen molar-refractivity contribution in [2.45, 2.75) is 19.8 Å². The van der Waals surface area contributed by atoms with Crippen molar-refractivity contribution in [3.8, 4) is 11.6 Å². The molecule has 0 N–H and O–H groups in total. The Labute approximate surface area is 139 Å². The molecule has 2 aromatic heterocycles. The summed E-state index contributed by atoms with van der Waals surface area (Å²) < 4.78 is 5.55. The molecule has 2 amide bonds. The second kappa shape index (κ2) is 7.20. The first kappa shape index (κ1) is 16.1. The molecule has 1 saturated heterocycles. The average Bonchev–Trinajstić information content (AvgIpc) is 3.09. The van der Waals surface area contributed by atoms with Gasteiger partial charge in [0.05, 0.1) is 0 Å². The number of aryl methyl sites for hydroxylation is 1. The van der Waals surface area contributed by atoms with E-state index in [1.54, 1.807) is 29.0 Å². The minimum absolute atomic E-state index is 0.0378. The zero-order valence-corrected chi connectivity index (χ0v) is 13.5. The predicted molar refractivity (Wildman–Crippen MR) is 84.7 cm³/mol. The molecular formula is C16H19N5O3. The minimum Gasteiger partial charge on any atom is -0.419 e. The largest absolute Gasteiger partial charge is 0.419 e. The van der Waals surface area contributed by atoms with E-state index < -0.39 is 0 Å². The van der Waals surface area contributed by atoms with Gasteiger partial charge in [0.15, 0.2) is 0 Å². The van der Waals surface area contributed by atoms with Gasteiger partial charge in [0.2, 0.25) is 17.7 Å². The van der Waals surface area contributed by atoms with Crippen LogP contribution < -0.4 is 0 Å². The first-order valence-electron chi connectivity index (χ1n) is 7.90. The number of carbonyl (C=O) groups excluding carboxylic acids is 2. The fourth-order valence-electron chi connectivity index (χ4n) is 2.59. The lowest BCUT2D eigenvalue weighted by Crippen LogP contribution is -2.50. The van der Waals surface area contributed by atoms with E-state index in [0.717, 1.165) is 0 Å². The quantitative estimate of drug-likeness (QED) is 0.822. The third kappa shape index (κ3) is 3.76. The topological polar surface area (TPSA) is 92.4 Å². The second-order valence-electron chi connectivity index (χ2n) is 5.60. The van der Waals surface area contributed by atoms with Crippen LogP contribution >= 0.6 is 0 Å². The van der Waals surface area contributed by atoms with Gasteiger partial charge in [-0.3, -0.25) is 14.6 Å². The molecule has 0 unspecified atom stereocenters. The van der Waals surface area contributed by atoms with Gasteiger partial charge in [-0.05, 0) is 12.1 Å². The lowest BCUT2D eigenvalue weighted by molar-refractivity contribution is -0.138. The summed E-state index contributed by atoms with van der Waals surface area (Å²) in [6.45, 7) is 3.87. The molecule has 126 valence electrons. The number of amides is 2. The molecule has 0 saturated carbocycles. The molecule has 0 aromatic carbocycles. The molecule has 0 spiro atoms. The van der Waals surface area contributed by atoms with Crippen molar-refractivity contribution in [1.29, 1.82) is 0 Å². The van der Waals surface area contributed by atoms with Gasteiger partial charge in [-0.25, -0.2) is 0 Å². The molecule has 0 radical (unpaired) electrons. The van der Waals surface area contributed by atoms with Crippen molar-refractivity contribution in [1.82, 2.24) is 25.0 Å². The smallest absolute Gasteiger partial charge is 0.266 e. The van der Waals surface area contributed by atoms with Crippen LogP contribution in [0, 0.1) is 0 Å². The molecule has 2 aromatic rings. The Morgan fingerprint density at radius 1 is 1.12 bits per heavy atom. The molecule has 8 heteroatoms. The van der Waals surface area contributed by atoms with Gasteiger partial charge in [0.25, 0.3) is 5.89 Å². The Morgan fingerprint density at radius 2 is 1.88 bits per heavy atom. The summed E-state index contributed by atoms with van der Waals surface area (Å²) in [5.74, 6) is 0.866. The van der Waals surface area contributed by atoms with Crippen molar-refractivity contribution in [2.75, 3.05) is 26.2 Å². The average molecular weight is 329 g/mol. The summed E-state index contributed by atoms with van der Waals surface area (Å²) in [7, 11) is 0. The molecule has 0 bridgehead atoms. The van der Waals surface area contributed by atoms with E-state index in [1.165, 1.54) is 0 Å². The maximum absolute atomic E-state index is 12.2. The molecule has 0 atom stereocenters. The molecule has 3 heterocycles. The molecule has 1 aliphatic rings. The SMILES string of the molecule is CC(=O)N1CCN(C(=O)CCc2nnc(-c3ccccn3)o2)CC1. The van der Waals surface area contributed by atoms with Gasteiger partial charge in [0, 0.05) is 52.1 Å². The van der Waals surface area contributed by atoms with E-state index in [2.05, 4.69) is 15.2 Å². The van der Waals surface area contributed by atoms with E-state index in [-0.39, 0.29) is 11.8 Å². The fourth-order valence-corrected chi connectivity index (χ4v) is 2.59. The maximum Gasteiger partial charge on any atom is 0.266 e. The highest BCUT2D eigenvalue weighted by Crippen LogP contribution is 2.15. The fraction of sp³-hybridized carbons (Fsp3) is 0.438. The van der Waals surface area contributed by atoms with Crippen LogP contribution in [0.25, 0.3) is 11.6 Å². The monoisotopic (exact) mass is 329 g/mol. The predicted octanol–water partition coefficient (Wildman–Crippen LogP) is 0.755.